The molecule has 2 aliphatic rings. The number of aromatic amines is 2. The Hall–Kier alpha value is -4.79. The molecule has 67 heavy (non-hydrogen) atoms. The van der Waals surface area contributed by atoms with Crippen LogP contribution in [-0.2, 0) is 40.6 Å². The third-order valence-electron chi connectivity index (χ3n) is 12.9. The molecule has 20 heteroatoms. The third kappa shape index (κ3) is 10.9. The quantitative estimate of drug-likeness (QED) is 0.0488. The monoisotopic (exact) mass is 977 g/mol. The predicted molar refractivity (Wildman–Crippen MR) is 259 cm³/mol. The maximum absolute atomic E-state index is 13.3. The average molecular weight is 978 g/mol. The first kappa shape index (κ1) is 50.1. The first-order valence-corrected chi connectivity index (χ1v) is 27.6. The second kappa shape index (κ2) is 20.0. The highest BCUT2D eigenvalue weighted by atomic mass is 32.5. The van der Waals surface area contributed by atoms with Crippen LogP contribution in [0.2, 0.25) is 18.1 Å². The van der Waals surface area contributed by atoms with Crippen molar-refractivity contribution in [2.45, 2.75) is 108 Å². The number of rotatable bonds is 17. The van der Waals surface area contributed by atoms with Crippen LogP contribution < -0.4 is 37.1 Å². The summed E-state index contributed by atoms with van der Waals surface area (Å²) in [6.45, 7) is 9.69. The molecule has 1 unspecified atom stereocenters. The summed E-state index contributed by atoms with van der Waals surface area (Å²) in [6, 6.07) is 24.8. The van der Waals surface area contributed by atoms with Crippen LogP contribution in [0.25, 0.3) is 0 Å². The van der Waals surface area contributed by atoms with Gasteiger partial charge in [0, 0.05) is 42.9 Å². The number of nitrogens with zero attached hydrogens (tertiary/aromatic N) is 2. The number of hydrogen-bond donors (Lipinski definition) is 4. The lowest BCUT2D eigenvalue weighted by molar-refractivity contribution is -0.0917. The molecule has 7 atom stereocenters. The van der Waals surface area contributed by atoms with E-state index in [1.54, 1.807) is 28.1 Å². The number of methoxy groups -OCH3 is 2. The summed E-state index contributed by atoms with van der Waals surface area (Å²) >= 11 is 5.82. The highest BCUT2D eigenvalue weighted by Crippen LogP contribution is 2.48. The van der Waals surface area contributed by atoms with Gasteiger partial charge in [0.1, 0.15) is 35.7 Å². The van der Waals surface area contributed by atoms with Gasteiger partial charge in [0.05, 0.1) is 39.1 Å². The Labute approximate surface area is 394 Å². The van der Waals surface area contributed by atoms with Crippen LogP contribution in [0.1, 0.15) is 73.9 Å². The zero-order chi connectivity index (χ0) is 48.5. The van der Waals surface area contributed by atoms with Crippen LogP contribution >= 0.6 is 6.64 Å². The Morgan fingerprint density at radius 3 is 1.69 bits per heavy atom. The van der Waals surface area contributed by atoms with Crippen molar-refractivity contribution in [2.24, 2.45) is 0 Å². The van der Waals surface area contributed by atoms with Gasteiger partial charge in [-0.25, -0.2) is 14.7 Å². The number of aryl methyl sites for hydroxylation is 2. The van der Waals surface area contributed by atoms with E-state index in [1.165, 1.54) is 21.5 Å². The number of benzene rings is 3. The Morgan fingerprint density at radius 1 is 0.746 bits per heavy atom. The first-order chi connectivity index (χ1) is 31.6. The van der Waals surface area contributed by atoms with E-state index in [9.17, 15) is 24.1 Å². The topological polar surface area (TPSA) is 207 Å². The summed E-state index contributed by atoms with van der Waals surface area (Å²) in [4.78, 5) is 67.7. The fourth-order valence-corrected chi connectivity index (χ4v) is 11.2. The fraction of sp³-hybridized carbons (Fsp3) is 0.447. The molecule has 360 valence electrons. The Morgan fingerprint density at radius 2 is 1.21 bits per heavy atom. The van der Waals surface area contributed by atoms with Gasteiger partial charge in [0.25, 0.3) is 17.8 Å². The summed E-state index contributed by atoms with van der Waals surface area (Å²) in [6.07, 6.45) is -1.63. The number of aromatic nitrogens is 4. The molecule has 0 saturated carbocycles. The largest absolute Gasteiger partial charge is 0.497 e. The van der Waals surface area contributed by atoms with Crippen molar-refractivity contribution >= 4 is 26.8 Å². The van der Waals surface area contributed by atoms with Gasteiger partial charge < -0.3 is 37.5 Å². The molecule has 0 amide bonds. The number of ether oxygens (including phenoxy) is 5. The van der Waals surface area contributed by atoms with E-state index >= 15 is 0 Å². The van der Waals surface area contributed by atoms with Crippen LogP contribution in [0.3, 0.4) is 0 Å². The normalized spacial score (nSPS) is 22.1. The number of nitrogens with one attached hydrogen (secondary N) is 3. The SMILES string of the molecule is COc1ccc(C(OC[C@H]2O[C@@H](n3cc(C)c(=O)[nH]c3=O)C[C@@H]2OP(O)(=S)NC[C@H]2O[C@@H](n3cc(C)c(=O)[nH]c3=O)C[C@@H]2O[Si](C)(C)C(C)(C)C)(c2ccccc2)c2ccc(OC)cc2)cc1. The zero-order valence-corrected chi connectivity index (χ0v) is 41.9. The van der Waals surface area contributed by atoms with Crippen molar-refractivity contribution in [3.05, 3.63) is 161 Å². The maximum atomic E-state index is 13.3. The van der Waals surface area contributed by atoms with Crippen molar-refractivity contribution in [3.63, 3.8) is 0 Å². The molecule has 17 nitrogen and oxygen atoms in total. The summed E-state index contributed by atoms with van der Waals surface area (Å²) < 4.78 is 47.3. The van der Waals surface area contributed by atoms with Gasteiger partial charge in [0.2, 0.25) is 0 Å². The highest BCUT2D eigenvalue weighted by Gasteiger charge is 2.47. The minimum absolute atomic E-state index is 0.0243. The van der Waals surface area contributed by atoms with Gasteiger partial charge in [-0.1, -0.05) is 75.4 Å². The van der Waals surface area contributed by atoms with Crippen LogP contribution in [0.4, 0.5) is 0 Å². The summed E-state index contributed by atoms with van der Waals surface area (Å²) in [5, 5.41) is 2.89. The second-order valence-electron chi connectivity index (χ2n) is 18.4. The van der Waals surface area contributed by atoms with E-state index in [4.69, 9.17) is 44.4 Å². The minimum atomic E-state index is -3.93. The van der Waals surface area contributed by atoms with Gasteiger partial charge in [0.15, 0.2) is 8.32 Å². The third-order valence-corrected chi connectivity index (χ3v) is 19.2. The molecule has 5 aromatic rings. The molecule has 0 aliphatic carbocycles. The maximum Gasteiger partial charge on any atom is 0.330 e. The molecule has 2 fully saturated rings. The average Bonchev–Trinajstić information content (AvgIpc) is 3.88. The van der Waals surface area contributed by atoms with E-state index in [1.807, 2.05) is 78.9 Å². The summed E-state index contributed by atoms with van der Waals surface area (Å²) in [5.74, 6) is 1.30. The molecular weight excluding hydrogens is 918 g/mol. The minimum Gasteiger partial charge on any atom is -0.497 e. The van der Waals surface area contributed by atoms with Crippen molar-refractivity contribution in [3.8, 4) is 11.5 Å². The lowest BCUT2D eigenvalue weighted by Gasteiger charge is -2.39. The Kier molecular flexibility index (Phi) is 15.0. The first-order valence-electron chi connectivity index (χ1n) is 22.0. The second-order valence-corrected chi connectivity index (χ2v) is 26.3. The van der Waals surface area contributed by atoms with Crippen molar-refractivity contribution < 1.29 is 37.5 Å². The Bertz CT molecular complexity index is 2760. The van der Waals surface area contributed by atoms with E-state index in [0.29, 0.717) is 22.6 Å². The Balaban J connectivity index is 1.21. The molecule has 2 aromatic heterocycles. The molecule has 4 heterocycles. The molecule has 2 saturated heterocycles. The van der Waals surface area contributed by atoms with Crippen molar-refractivity contribution in [2.75, 3.05) is 27.4 Å². The molecule has 2 aliphatic heterocycles. The van der Waals surface area contributed by atoms with Crippen LogP contribution in [0, 0.1) is 13.8 Å². The lowest BCUT2D eigenvalue weighted by atomic mass is 9.80. The fourth-order valence-electron chi connectivity index (χ4n) is 8.17. The summed E-state index contributed by atoms with van der Waals surface area (Å²) in [5.41, 5.74) is -0.611. The van der Waals surface area contributed by atoms with Crippen molar-refractivity contribution in [1.82, 2.24) is 24.2 Å². The van der Waals surface area contributed by atoms with Crippen LogP contribution in [-0.4, -0.2) is 84.1 Å². The number of hydrogen-bond acceptors (Lipinski definition) is 12. The standard InChI is InChI=1S/C47H60N5O12PSSi/c1-29-26-51(44(55)49-42(29)53)40-23-36(63-65(57,66)48-25-38-37(64-67(8,9)46(3,4)5)24-41(61-38)52-27-30(2)43(54)50-45(52)56)39(62-40)28-60-47(31-13-11-10-12-14-31,32-15-19-34(58-6)20-16-32)33-17-21-35(59-7)22-18-33/h10-22,26-27,36-41H,23-25,28H2,1-9H3,(H2,48,57,66)(H,49,53,55)(H,50,54,56)/t36-,37-,38+,39+,40+,41+,65?/m0/s1. The molecule has 0 spiro atoms. The van der Waals surface area contributed by atoms with Gasteiger partial charge in [-0.2, -0.15) is 0 Å². The van der Waals surface area contributed by atoms with Crippen LogP contribution in [0.5, 0.6) is 11.5 Å². The van der Waals surface area contributed by atoms with Gasteiger partial charge in [-0.15, -0.1) is 0 Å². The highest BCUT2D eigenvalue weighted by molar-refractivity contribution is 8.08. The molecule has 0 bridgehead atoms. The van der Waals surface area contributed by atoms with Crippen LogP contribution in [0.15, 0.2) is 110 Å². The molecule has 4 N–H and O–H groups in total. The summed E-state index contributed by atoms with van der Waals surface area (Å²) in [7, 11) is 0.783. The van der Waals surface area contributed by atoms with E-state index in [-0.39, 0.29) is 31.0 Å². The van der Waals surface area contributed by atoms with E-state index in [2.05, 4.69) is 48.9 Å². The van der Waals surface area contributed by atoms with E-state index < -0.39 is 79.9 Å². The molecular formula is C47H60N5O12PSSi. The number of H-pyrrole nitrogens is 2. The van der Waals surface area contributed by atoms with Gasteiger partial charge in [-0.3, -0.25) is 28.7 Å². The van der Waals surface area contributed by atoms with E-state index in [0.717, 1.165) is 16.7 Å². The van der Waals surface area contributed by atoms with Gasteiger partial charge in [-0.05, 0) is 84.7 Å². The lowest BCUT2D eigenvalue weighted by Crippen LogP contribution is -2.47. The molecule has 7 rings (SSSR count). The van der Waals surface area contributed by atoms with Gasteiger partial charge >= 0.3 is 11.4 Å². The molecule has 0 radical (unpaired) electrons. The smallest absolute Gasteiger partial charge is 0.330 e. The predicted octanol–water partition coefficient (Wildman–Crippen LogP) is 5.89. The van der Waals surface area contributed by atoms with Crippen molar-refractivity contribution in [1.29, 1.82) is 0 Å². The molecule has 3 aromatic carbocycles. The zero-order valence-electron chi connectivity index (χ0n) is 39.1.